The van der Waals surface area contributed by atoms with Gasteiger partial charge in [-0.3, -0.25) is 0 Å². The molecule has 1 aromatic carbocycles. The monoisotopic (exact) mass is 263 g/mol. The maximum Gasteiger partial charge on any atom is 0.00748 e. The van der Waals surface area contributed by atoms with Gasteiger partial charge in [-0.15, -0.1) is 11.8 Å². The molecule has 0 aliphatic heterocycles. The van der Waals surface area contributed by atoms with Gasteiger partial charge in [0, 0.05) is 10.9 Å². The first-order valence-electron chi connectivity index (χ1n) is 7.15. The van der Waals surface area contributed by atoms with Crippen molar-refractivity contribution in [1.29, 1.82) is 0 Å². The van der Waals surface area contributed by atoms with Crippen molar-refractivity contribution < 1.29 is 0 Å². The minimum absolute atomic E-state index is 0.338. The summed E-state index contributed by atoms with van der Waals surface area (Å²) in [6.45, 7) is 2.10. The van der Waals surface area contributed by atoms with E-state index in [0.29, 0.717) is 6.04 Å². The molecule has 0 bridgehead atoms. The first-order valence-corrected chi connectivity index (χ1v) is 8.37. The minimum Gasteiger partial charge on any atom is -0.328 e. The van der Waals surface area contributed by atoms with Gasteiger partial charge < -0.3 is 5.73 Å². The summed E-state index contributed by atoms with van der Waals surface area (Å²) >= 11 is 1.87. The lowest BCUT2D eigenvalue weighted by atomic mass is 9.86. The van der Waals surface area contributed by atoms with Crippen molar-refractivity contribution in [2.45, 2.75) is 62.8 Å². The van der Waals surface area contributed by atoms with Gasteiger partial charge in [-0.05, 0) is 86.9 Å². The Kier molecular flexibility index (Phi) is 5.13. The van der Waals surface area contributed by atoms with Crippen LogP contribution in [0, 0.1) is 0 Å². The van der Waals surface area contributed by atoms with Crippen LogP contribution < -0.4 is 5.73 Å². The highest BCUT2D eigenvalue weighted by molar-refractivity contribution is 7.98. The van der Waals surface area contributed by atoms with Crippen LogP contribution in [-0.4, -0.2) is 12.3 Å². The van der Waals surface area contributed by atoms with Gasteiger partial charge in [0.25, 0.3) is 0 Å². The molecule has 0 radical (unpaired) electrons. The van der Waals surface area contributed by atoms with E-state index in [-0.39, 0.29) is 0 Å². The first-order chi connectivity index (χ1) is 8.70. The summed E-state index contributed by atoms with van der Waals surface area (Å²) in [5.74, 6) is 0. The van der Waals surface area contributed by atoms with E-state index >= 15 is 0 Å². The molecule has 2 heteroatoms. The molecule has 2 rings (SSSR count). The molecule has 0 aromatic heterocycles. The second kappa shape index (κ2) is 6.63. The number of hydrogen-bond acceptors (Lipinski definition) is 2. The highest BCUT2D eigenvalue weighted by Crippen LogP contribution is 2.30. The van der Waals surface area contributed by atoms with Crippen LogP contribution in [0.15, 0.2) is 17.0 Å². The quantitative estimate of drug-likeness (QED) is 0.814. The fourth-order valence-corrected chi connectivity index (χ4v) is 3.40. The number of thioether (sulfide) groups is 1. The number of benzene rings is 1. The Morgan fingerprint density at radius 3 is 2.78 bits per heavy atom. The van der Waals surface area contributed by atoms with Crippen LogP contribution in [0.2, 0.25) is 0 Å². The van der Waals surface area contributed by atoms with Gasteiger partial charge in [-0.2, -0.15) is 0 Å². The average molecular weight is 263 g/mol. The van der Waals surface area contributed by atoms with Crippen LogP contribution in [-0.2, 0) is 19.3 Å². The molecule has 0 saturated carbocycles. The molecule has 100 valence electrons. The van der Waals surface area contributed by atoms with Crippen molar-refractivity contribution in [3.8, 4) is 0 Å². The molecule has 0 fully saturated rings. The van der Waals surface area contributed by atoms with Crippen molar-refractivity contribution >= 4 is 11.8 Å². The Morgan fingerprint density at radius 2 is 2.06 bits per heavy atom. The second-order valence-electron chi connectivity index (χ2n) is 5.50. The predicted octanol–water partition coefficient (Wildman–Crippen LogP) is 3.96. The van der Waals surface area contributed by atoms with E-state index in [0.717, 1.165) is 6.42 Å². The number of fused-ring (bicyclic) bond motifs is 1. The van der Waals surface area contributed by atoms with E-state index in [9.17, 15) is 0 Å². The average Bonchev–Trinajstić information content (AvgIpc) is 2.38. The van der Waals surface area contributed by atoms with Gasteiger partial charge in [-0.1, -0.05) is 0 Å². The molecule has 1 aliphatic rings. The third-order valence-corrected chi connectivity index (χ3v) is 4.58. The molecule has 0 heterocycles. The number of hydrogen-bond donors (Lipinski definition) is 1. The van der Waals surface area contributed by atoms with Crippen LogP contribution in [0.5, 0.6) is 0 Å². The molecule has 1 unspecified atom stereocenters. The van der Waals surface area contributed by atoms with Crippen molar-refractivity contribution in [3.63, 3.8) is 0 Å². The van der Waals surface area contributed by atoms with Gasteiger partial charge in [0.1, 0.15) is 0 Å². The molecular formula is C16H25NS. The van der Waals surface area contributed by atoms with E-state index in [1.165, 1.54) is 43.4 Å². The highest BCUT2D eigenvalue weighted by Gasteiger charge is 2.14. The SMILES string of the molecule is CSc1cc2c(c(CCCC(C)N)c1)CCCC2. The van der Waals surface area contributed by atoms with Crippen molar-refractivity contribution in [2.24, 2.45) is 5.73 Å². The van der Waals surface area contributed by atoms with Crippen LogP contribution in [0.25, 0.3) is 0 Å². The summed E-state index contributed by atoms with van der Waals surface area (Å²) in [6.07, 6.45) is 11.0. The Labute approximate surface area is 116 Å². The summed E-state index contributed by atoms with van der Waals surface area (Å²) in [6, 6.07) is 5.16. The first kappa shape index (κ1) is 14.0. The van der Waals surface area contributed by atoms with Crippen LogP contribution in [0.4, 0.5) is 0 Å². The zero-order valence-corrected chi connectivity index (χ0v) is 12.5. The van der Waals surface area contributed by atoms with E-state index in [4.69, 9.17) is 5.73 Å². The van der Waals surface area contributed by atoms with E-state index < -0.39 is 0 Å². The molecule has 1 atom stereocenters. The standard InChI is InChI=1S/C16H25NS/c1-12(17)6-5-8-14-11-15(18-2)10-13-7-3-4-9-16(13)14/h10-12H,3-9,17H2,1-2H3. The van der Waals surface area contributed by atoms with E-state index in [2.05, 4.69) is 25.3 Å². The van der Waals surface area contributed by atoms with Gasteiger partial charge in [0.15, 0.2) is 0 Å². The zero-order valence-electron chi connectivity index (χ0n) is 11.7. The highest BCUT2D eigenvalue weighted by atomic mass is 32.2. The summed E-state index contributed by atoms with van der Waals surface area (Å²) in [5, 5.41) is 0. The fraction of sp³-hybridized carbons (Fsp3) is 0.625. The molecule has 18 heavy (non-hydrogen) atoms. The largest absolute Gasteiger partial charge is 0.328 e. The fourth-order valence-electron chi connectivity index (χ4n) is 2.88. The third-order valence-electron chi connectivity index (χ3n) is 3.87. The molecule has 0 spiro atoms. The van der Waals surface area contributed by atoms with E-state index in [1.54, 1.807) is 16.7 Å². The maximum atomic E-state index is 5.85. The Morgan fingerprint density at radius 1 is 1.28 bits per heavy atom. The number of nitrogens with two attached hydrogens (primary N) is 1. The molecule has 1 nitrogen and oxygen atoms in total. The lowest BCUT2D eigenvalue weighted by Crippen LogP contribution is -2.15. The van der Waals surface area contributed by atoms with Gasteiger partial charge in [0.2, 0.25) is 0 Å². The normalized spacial score (nSPS) is 16.4. The molecular weight excluding hydrogens is 238 g/mol. The van der Waals surface area contributed by atoms with Gasteiger partial charge in [-0.25, -0.2) is 0 Å². The van der Waals surface area contributed by atoms with Gasteiger partial charge >= 0.3 is 0 Å². The Bertz CT molecular complexity index is 398. The number of rotatable bonds is 5. The maximum absolute atomic E-state index is 5.85. The number of aryl methyl sites for hydroxylation is 2. The summed E-state index contributed by atoms with van der Waals surface area (Å²) in [5.41, 5.74) is 10.7. The third kappa shape index (κ3) is 3.52. The van der Waals surface area contributed by atoms with Crippen LogP contribution in [0.1, 0.15) is 49.3 Å². The molecule has 2 N–H and O–H groups in total. The zero-order chi connectivity index (χ0) is 13.0. The predicted molar refractivity (Wildman–Crippen MR) is 81.5 cm³/mol. The topological polar surface area (TPSA) is 26.0 Å². The van der Waals surface area contributed by atoms with Crippen molar-refractivity contribution in [3.05, 3.63) is 28.8 Å². The van der Waals surface area contributed by atoms with Crippen LogP contribution >= 0.6 is 11.8 Å². The van der Waals surface area contributed by atoms with Gasteiger partial charge in [0.05, 0.1) is 0 Å². The summed E-state index contributed by atoms with van der Waals surface area (Å²) in [4.78, 5) is 1.44. The Hall–Kier alpha value is -0.470. The summed E-state index contributed by atoms with van der Waals surface area (Å²) in [7, 11) is 0. The van der Waals surface area contributed by atoms with E-state index in [1.807, 2.05) is 11.8 Å². The lowest BCUT2D eigenvalue weighted by Gasteiger charge is -2.21. The minimum atomic E-state index is 0.338. The molecule has 0 amide bonds. The molecule has 0 saturated heterocycles. The summed E-state index contributed by atoms with van der Waals surface area (Å²) < 4.78 is 0. The second-order valence-corrected chi connectivity index (χ2v) is 6.38. The molecule has 1 aromatic rings. The Balaban J connectivity index is 2.16. The smallest absolute Gasteiger partial charge is 0.00748 e. The van der Waals surface area contributed by atoms with Crippen molar-refractivity contribution in [2.75, 3.05) is 6.26 Å². The lowest BCUT2D eigenvalue weighted by molar-refractivity contribution is 0.616. The van der Waals surface area contributed by atoms with Crippen molar-refractivity contribution in [1.82, 2.24) is 0 Å². The van der Waals surface area contributed by atoms with Crippen LogP contribution in [0.3, 0.4) is 0 Å². The molecule has 1 aliphatic carbocycles.